The molecule has 1 amide bonds. The van der Waals surface area contributed by atoms with Gasteiger partial charge in [0, 0.05) is 29.7 Å². The summed E-state index contributed by atoms with van der Waals surface area (Å²) in [6.07, 6.45) is 1.55. The Morgan fingerprint density at radius 1 is 1.18 bits per heavy atom. The van der Waals surface area contributed by atoms with Gasteiger partial charge in [0.25, 0.3) is 5.91 Å². The number of amides is 1. The van der Waals surface area contributed by atoms with Crippen molar-refractivity contribution in [2.45, 2.75) is 0 Å². The summed E-state index contributed by atoms with van der Waals surface area (Å²) in [6.45, 7) is 2.90. The molecule has 2 N–H and O–H groups in total. The summed E-state index contributed by atoms with van der Waals surface area (Å²) < 4.78 is 25.3. The molecule has 0 bridgehead atoms. The molecule has 0 spiro atoms. The maximum absolute atomic E-state index is 14.5. The molecule has 0 saturated carbocycles. The van der Waals surface area contributed by atoms with E-state index in [1.54, 1.807) is 30.5 Å². The van der Waals surface area contributed by atoms with E-state index in [9.17, 15) is 9.18 Å². The summed E-state index contributed by atoms with van der Waals surface area (Å²) in [5, 5.41) is 10.5. The number of aromatic nitrogens is 3. The van der Waals surface area contributed by atoms with E-state index in [2.05, 4.69) is 25.4 Å². The van der Waals surface area contributed by atoms with Gasteiger partial charge >= 0.3 is 0 Å². The van der Waals surface area contributed by atoms with Crippen molar-refractivity contribution < 1.29 is 18.7 Å². The summed E-state index contributed by atoms with van der Waals surface area (Å²) in [5.74, 6) is -0.0304. The molecule has 168 valence electrons. The maximum Gasteiger partial charge on any atom is 0.256 e. The van der Waals surface area contributed by atoms with Crippen molar-refractivity contribution in [3.05, 3.63) is 66.1 Å². The van der Waals surface area contributed by atoms with Crippen LogP contribution in [0.3, 0.4) is 0 Å². The number of benzene rings is 2. The van der Waals surface area contributed by atoms with Crippen LogP contribution in [0.15, 0.2) is 54.7 Å². The van der Waals surface area contributed by atoms with Gasteiger partial charge in [-0.3, -0.25) is 14.9 Å². The molecule has 0 aliphatic carbocycles. The number of halogens is 1. The molecule has 33 heavy (non-hydrogen) atoms. The highest BCUT2D eigenvalue weighted by molar-refractivity contribution is 6.08. The van der Waals surface area contributed by atoms with E-state index in [0.29, 0.717) is 46.9 Å². The largest absolute Gasteiger partial charge is 0.496 e. The molecular weight excluding hydrogens is 425 g/mol. The average Bonchev–Trinajstić information content (AvgIpc) is 3.26. The van der Waals surface area contributed by atoms with E-state index in [-0.39, 0.29) is 11.5 Å². The SMILES string of the molecule is COc1cccc(F)c1-c1cc2c(NC(=O)c3cccc(N4CCOCC4)c3)n[nH]c2cn1. The molecule has 0 atom stereocenters. The lowest BCUT2D eigenvalue weighted by Gasteiger charge is -2.29. The molecule has 1 saturated heterocycles. The van der Waals surface area contributed by atoms with Crippen LogP contribution in [0.1, 0.15) is 10.4 Å². The second kappa shape index (κ2) is 8.87. The van der Waals surface area contributed by atoms with Crippen LogP contribution in [0.2, 0.25) is 0 Å². The van der Waals surface area contributed by atoms with Crippen LogP contribution in [0.25, 0.3) is 22.2 Å². The number of carbonyl (C=O) groups is 1. The summed E-state index contributed by atoms with van der Waals surface area (Å²) in [5.41, 5.74) is 2.73. The number of hydrogen-bond donors (Lipinski definition) is 2. The Kier molecular flexibility index (Phi) is 5.62. The number of fused-ring (bicyclic) bond motifs is 1. The number of nitrogens with one attached hydrogen (secondary N) is 2. The van der Waals surface area contributed by atoms with Crippen molar-refractivity contribution in [3.8, 4) is 17.0 Å². The Bertz CT molecular complexity index is 1320. The highest BCUT2D eigenvalue weighted by Gasteiger charge is 2.18. The average molecular weight is 447 g/mol. The van der Waals surface area contributed by atoms with E-state index in [4.69, 9.17) is 9.47 Å². The van der Waals surface area contributed by atoms with Gasteiger partial charge in [-0.2, -0.15) is 5.10 Å². The minimum Gasteiger partial charge on any atom is -0.496 e. The van der Waals surface area contributed by atoms with Crippen LogP contribution in [-0.2, 0) is 4.74 Å². The summed E-state index contributed by atoms with van der Waals surface area (Å²) in [4.78, 5) is 19.5. The van der Waals surface area contributed by atoms with E-state index in [1.807, 2.05) is 18.2 Å². The predicted octanol–water partition coefficient (Wildman–Crippen LogP) is 3.86. The van der Waals surface area contributed by atoms with Crippen molar-refractivity contribution in [1.29, 1.82) is 0 Å². The smallest absolute Gasteiger partial charge is 0.256 e. The van der Waals surface area contributed by atoms with Crippen molar-refractivity contribution in [2.75, 3.05) is 43.6 Å². The fourth-order valence-electron chi connectivity index (χ4n) is 3.92. The van der Waals surface area contributed by atoms with Crippen LogP contribution in [0.4, 0.5) is 15.9 Å². The third kappa shape index (κ3) is 4.10. The fourth-order valence-corrected chi connectivity index (χ4v) is 3.92. The Hall–Kier alpha value is -3.98. The van der Waals surface area contributed by atoms with Crippen molar-refractivity contribution in [1.82, 2.24) is 15.2 Å². The van der Waals surface area contributed by atoms with E-state index >= 15 is 0 Å². The zero-order chi connectivity index (χ0) is 22.8. The lowest BCUT2D eigenvalue weighted by molar-refractivity contribution is 0.102. The van der Waals surface area contributed by atoms with Gasteiger partial charge in [-0.1, -0.05) is 12.1 Å². The molecule has 1 aliphatic heterocycles. The molecule has 0 radical (unpaired) electrons. The summed E-state index contributed by atoms with van der Waals surface area (Å²) in [7, 11) is 1.48. The Morgan fingerprint density at radius 3 is 2.82 bits per heavy atom. The molecule has 5 rings (SSSR count). The van der Waals surface area contributed by atoms with Crippen molar-refractivity contribution >= 4 is 28.3 Å². The summed E-state index contributed by atoms with van der Waals surface area (Å²) >= 11 is 0. The van der Waals surface area contributed by atoms with Crippen molar-refractivity contribution in [2.24, 2.45) is 0 Å². The number of rotatable bonds is 5. The number of anilines is 2. The number of hydrogen-bond acceptors (Lipinski definition) is 6. The Balaban J connectivity index is 1.44. The molecule has 1 fully saturated rings. The number of nitrogens with zero attached hydrogens (tertiary/aromatic N) is 3. The van der Waals surface area contributed by atoms with E-state index < -0.39 is 5.82 Å². The van der Waals surface area contributed by atoms with Crippen LogP contribution in [0, 0.1) is 5.82 Å². The number of ether oxygens (including phenoxy) is 2. The standard InChI is InChI=1S/C24H22FN5O3/c1-32-21-7-3-6-18(25)22(21)19-13-17-20(14-26-19)28-29-23(17)27-24(31)15-4-2-5-16(12-15)30-8-10-33-11-9-30/h2-7,12-14H,8-11H2,1H3,(H2,27,28,29,31). The molecule has 0 unspecified atom stereocenters. The monoisotopic (exact) mass is 447 g/mol. The second-order valence-corrected chi connectivity index (χ2v) is 7.61. The summed E-state index contributed by atoms with van der Waals surface area (Å²) in [6, 6.07) is 13.7. The first-order valence-electron chi connectivity index (χ1n) is 10.5. The van der Waals surface area contributed by atoms with Gasteiger partial charge in [-0.25, -0.2) is 4.39 Å². The van der Waals surface area contributed by atoms with Gasteiger partial charge in [-0.05, 0) is 36.4 Å². The minimum atomic E-state index is -0.449. The zero-order valence-corrected chi connectivity index (χ0v) is 18.0. The molecule has 8 nitrogen and oxygen atoms in total. The first-order chi connectivity index (χ1) is 16.1. The third-order valence-corrected chi connectivity index (χ3v) is 5.62. The van der Waals surface area contributed by atoms with Crippen molar-refractivity contribution in [3.63, 3.8) is 0 Å². The maximum atomic E-state index is 14.5. The van der Waals surface area contributed by atoms with Gasteiger partial charge in [0.15, 0.2) is 5.82 Å². The lowest BCUT2D eigenvalue weighted by Crippen LogP contribution is -2.36. The van der Waals surface area contributed by atoms with Gasteiger partial charge in [0.05, 0.1) is 43.3 Å². The van der Waals surface area contributed by atoms with Crippen LogP contribution >= 0.6 is 0 Å². The zero-order valence-electron chi connectivity index (χ0n) is 18.0. The number of H-pyrrole nitrogens is 1. The van der Waals surface area contributed by atoms with E-state index in [0.717, 1.165) is 18.8 Å². The predicted molar refractivity (Wildman–Crippen MR) is 123 cm³/mol. The molecule has 4 aromatic rings. The number of carbonyl (C=O) groups excluding carboxylic acids is 1. The van der Waals surface area contributed by atoms with E-state index in [1.165, 1.54) is 13.2 Å². The fraction of sp³-hybridized carbons (Fsp3) is 0.208. The number of methoxy groups -OCH3 is 1. The third-order valence-electron chi connectivity index (χ3n) is 5.62. The van der Waals surface area contributed by atoms with Crippen LogP contribution in [-0.4, -0.2) is 54.5 Å². The highest BCUT2D eigenvalue weighted by Crippen LogP contribution is 2.33. The Labute approximate surface area is 189 Å². The highest BCUT2D eigenvalue weighted by atomic mass is 19.1. The quantitative estimate of drug-likeness (QED) is 0.483. The Morgan fingerprint density at radius 2 is 2.00 bits per heavy atom. The first kappa shape index (κ1) is 20.9. The topological polar surface area (TPSA) is 92.4 Å². The first-order valence-corrected chi connectivity index (χ1v) is 10.5. The van der Waals surface area contributed by atoms with Gasteiger partial charge in [-0.15, -0.1) is 0 Å². The molecular formula is C24H22FN5O3. The van der Waals surface area contributed by atoms with Gasteiger partial charge in [0.1, 0.15) is 11.6 Å². The molecule has 2 aromatic carbocycles. The normalized spacial score (nSPS) is 13.8. The molecule has 2 aromatic heterocycles. The minimum absolute atomic E-state index is 0.249. The van der Waals surface area contributed by atoms with Gasteiger partial charge in [0.2, 0.25) is 0 Å². The number of pyridine rings is 1. The lowest BCUT2D eigenvalue weighted by atomic mass is 10.1. The number of aromatic amines is 1. The second-order valence-electron chi connectivity index (χ2n) is 7.61. The van der Waals surface area contributed by atoms with Crippen LogP contribution < -0.4 is 15.0 Å². The number of morpholine rings is 1. The molecule has 9 heteroatoms. The van der Waals surface area contributed by atoms with Gasteiger partial charge < -0.3 is 19.7 Å². The molecule has 1 aliphatic rings. The van der Waals surface area contributed by atoms with Crippen LogP contribution in [0.5, 0.6) is 5.75 Å². The molecule has 3 heterocycles.